The van der Waals surface area contributed by atoms with Crippen molar-refractivity contribution in [1.29, 1.82) is 0 Å². The van der Waals surface area contributed by atoms with Crippen LogP contribution in [0.1, 0.15) is 28.8 Å². The van der Waals surface area contributed by atoms with Crippen molar-refractivity contribution in [2.24, 2.45) is 0 Å². The molecule has 30 heavy (non-hydrogen) atoms. The Hall–Kier alpha value is -1.96. The van der Waals surface area contributed by atoms with E-state index in [0.29, 0.717) is 25.1 Å². The van der Waals surface area contributed by atoms with E-state index in [1.165, 1.54) is 0 Å². The van der Waals surface area contributed by atoms with Crippen molar-refractivity contribution in [3.05, 3.63) is 35.4 Å². The molecule has 2 fully saturated rings. The van der Waals surface area contributed by atoms with Crippen molar-refractivity contribution in [3.8, 4) is 0 Å². The number of nitrogens with one attached hydrogen (secondary N) is 1. The van der Waals surface area contributed by atoms with Gasteiger partial charge in [0.2, 0.25) is 5.91 Å². The normalized spacial score (nSPS) is 18.4. The second-order valence-corrected chi connectivity index (χ2v) is 8.54. The van der Waals surface area contributed by atoms with Crippen molar-refractivity contribution in [3.63, 3.8) is 0 Å². The molecule has 2 amide bonds. The van der Waals surface area contributed by atoms with E-state index < -0.39 is 0 Å². The predicted octanol–water partition coefficient (Wildman–Crippen LogP) is 0.897. The van der Waals surface area contributed by atoms with E-state index in [2.05, 4.69) is 22.2 Å². The first-order chi connectivity index (χ1) is 14.5. The van der Waals surface area contributed by atoms with E-state index in [9.17, 15) is 9.59 Å². The molecule has 2 saturated heterocycles. The van der Waals surface area contributed by atoms with Crippen molar-refractivity contribution >= 4 is 11.8 Å². The van der Waals surface area contributed by atoms with Crippen LogP contribution in [0.5, 0.6) is 0 Å². The van der Waals surface area contributed by atoms with Crippen LogP contribution >= 0.6 is 0 Å². The van der Waals surface area contributed by atoms with E-state index in [-0.39, 0.29) is 11.8 Å². The topological polar surface area (TPSA) is 59.1 Å². The molecule has 0 atom stereocenters. The van der Waals surface area contributed by atoms with Gasteiger partial charge in [0, 0.05) is 77.4 Å². The standard InChI is InChI=1S/C23H37N5O2/c1-20-4-6-21(7-5-20)23(30)28(12-3-11-26-18-16-25(2)17-19-26)13-8-22(29)27-14-9-24-10-15-27/h4-7,24H,3,8-19H2,1-2H3. The van der Waals surface area contributed by atoms with Crippen LogP contribution in [0.2, 0.25) is 0 Å². The Labute approximate surface area is 181 Å². The van der Waals surface area contributed by atoms with Crippen LogP contribution < -0.4 is 5.32 Å². The minimum Gasteiger partial charge on any atom is -0.340 e. The molecule has 0 bridgehead atoms. The summed E-state index contributed by atoms with van der Waals surface area (Å²) in [5.74, 6) is 0.179. The maximum absolute atomic E-state index is 13.1. The smallest absolute Gasteiger partial charge is 0.253 e. The highest BCUT2D eigenvalue weighted by molar-refractivity contribution is 5.94. The van der Waals surface area contributed by atoms with Crippen LogP contribution in [-0.2, 0) is 4.79 Å². The third kappa shape index (κ3) is 6.79. The SMILES string of the molecule is Cc1ccc(C(=O)N(CCCN2CCN(C)CC2)CCC(=O)N2CCNCC2)cc1. The fourth-order valence-corrected chi connectivity index (χ4v) is 4.05. The minimum absolute atomic E-state index is 0.0292. The first-order valence-electron chi connectivity index (χ1n) is 11.3. The van der Waals surface area contributed by atoms with Gasteiger partial charge in [0.1, 0.15) is 0 Å². The van der Waals surface area contributed by atoms with Gasteiger partial charge in [-0.05, 0) is 39.1 Å². The Morgan fingerprint density at radius 1 is 0.967 bits per heavy atom. The Kier molecular flexibility index (Phi) is 8.66. The fraction of sp³-hybridized carbons (Fsp3) is 0.652. The molecule has 7 heteroatoms. The van der Waals surface area contributed by atoms with Crippen LogP contribution in [-0.4, -0.2) is 110 Å². The molecule has 1 aromatic carbocycles. The number of hydrogen-bond acceptors (Lipinski definition) is 5. The molecule has 166 valence electrons. The molecule has 2 aliphatic heterocycles. The third-order valence-electron chi connectivity index (χ3n) is 6.15. The molecule has 0 unspecified atom stereocenters. The number of carbonyl (C=O) groups is 2. The number of amides is 2. The van der Waals surface area contributed by atoms with Crippen molar-refractivity contribution < 1.29 is 9.59 Å². The Morgan fingerprint density at radius 2 is 1.63 bits per heavy atom. The van der Waals surface area contributed by atoms with Crippen molar-refractivity contribution in [2.45, 2.75) is 19.8 Å². The minimum atomic E-state index is 0.0292. The average molecular weight is 416 g/mol. The lowest BCUT2D eigenvalue weighted by Gasteiger charge is -2.33. The molecule has 0 aliphatic carbocycles. The predicted molar refractivity (Wildman–Crippen MR) is 120 cm³/mol. The van der Waals surface area contributed by atoms with Crippen LogP contribution in [0.3, 0.4) is 0 Å². The average Bonchev–Trinajstić information content (AvgIpc) is 2.78. The van der Waals surface area contributed by atoms with E-state index in [4.69, 9.17) is 0 Å². The van der Waals surface area contributed by atoms with Crippen LogP contribution in [0.15, 0.2) is 24.3 Å². The second-order valence-electron chi connectivity index (χ2n) is 8.54. The Bertz CT molecular complexity index is 679. The number of likely N-dealkylation sites (N-methyl/N-ethyl adjacent to an activating group) is 1. The third-order valence-corrected chi connectivity index (χ3v) is 6.15. The number of piperazine rings is 2. The van der Waals surface area contributed by atoms with Crippen LogP contribution in [0.4, 0.5) is 0 Å². The first kappa shape index (κ1) is 22.7. The molecule has 1 aromatic rings. The molecule has 7 nitrogen and oxygen atoms in total. The molecule has 2 aliphatic rings. The van der Waals surface area contributed by atoms with E-state index >= 15 is 0 Å². The molecule has 0 aromatic heterocycles. The highest BCUT2D eigenvalue weighted by Crippen LogP contribution is 2.10. The number of carbonyl (C=O) groups excluding carboxylic acids is 2. The molecule has 3 rings (SSSR count). The lowest BCUT2D eigenvalue weighted by Crippen LogP contribution is -2.47. The lowest BCUT2D eigenvalue weighted by atomic mass is 10.1. The van der Waals surface area contributed by atoms with Crippen molar-refractivity contribution in [2.75, 3.05) is 79.0 Å². The lowest BCUT2D eigenvalue weighted by molar-refractivity contribution is -0.131. The summed E-state index contributed by atoms with van der Waals surface area (Å²) in [7, 11) is 2.16. The molecular weight excluding hydrogens is 378 g/mol. The van der Waals surface area contributed by atoms with Gasteiger partial charge in [-0.2, -0.15) is 0 Å². The van der Waals surface area contributed by atoms with Gasteiger partial charge >= 0.3 is 0 Å². The molecular formula is C23H37N5O2. The number of aryl methyl sites for hydroxylation is 1. The monoisotopic (exact) mass is 415 g/mol. The molecule has 0 saturated carbocycles. The maximum Gasteiger partial charge on any atom is 0.253 e. The summed E-state index contributed by atoms with van der Waals surface area (Å²) >= 11 is 0. The van der Waals surface area contributed by atoms with Gasteiger partial charge in [0.15, 0.2) is 0 Å². The van der Waals surface area contributed by atoms with Crippen molar-refractivity contribution in [1.82, 2.24) is 24.9 Å². The summed E-state index contributed by atoms with van der Waals surface area (Å²) in [5.41, 5.74) is 1.84. The number of benzene rings is 1. The summed E-state index contributed by atoms with van der Waals surface area (Å²) in [6, 6.07) is 7.73. The summed E-state index contributed by atoms with van der Waals surface area (Å²) in [5, 5.41) is 3.27. The first-order valence-corrected chi connectivity index (χ1v) is 11.3. The fourth-order valence-electron chi connectivity index (χ4n) is 4.05. The summed E-state index contributed by atoms with van der Waals surface area (Å²) < 4.78 is 0. The van der Waals surface area contributed by atoms with E-state index in [1.807, 2.05) is 41.0 Å². The molecule has 2 heterocycles. The Balaban J connectivity index is 1.55. The van der Waals surface area contributed by atoms with Crippen LogP contribution in [0, 0.1) is 6.92 Å². The summed E-state index contributed by atoms with van der Waals surface area (Å²) in [6.07, 6.45) is 1.33. The zero-order chi connectivity index (χ0) is 21.3. The maximum atomic E-state index is 13.1. The summed E-state index contributed by atoms with van der Waals surface area (Å²) in [4.78, 5) is 34.4. The van der Waals surface area contributed by atoms with Gasteiger partial charge < -0.3 is 24.9 Å². The number of hydrogen-bond donors (Lipinski definition) is 1. The highest BCUT2D eigenvalue weighted by Gasteiger charge is 2.21. The van der Waals surface area contributed by atoms with E-state index in [1.54, 1.807) is 0 Å². The Morgan fingerprint density at radius 3 is 2.30 bits per heavy atom. The zero-order valence-electron chi connectivity index (χ0n) is 18.6. The van der Waals surface area contributed by atoms with Gasteiger partial charge in [-0.15, -0.1) is 0 Å². The number of nitrogens with zero attached hydrogens (tertiary/aromatic N) is 4. The van der Waals surface area contributed by atoms with Gasteiger partial charge in [0.25, 0.3) is 5.91 Å². The largest absolute Gasteiger partial charge is 0.340 e. The quantitative estimate of drug-likeness (QED) is 0.684. The second kappa shape index (κ2) is 11.4. The zero-order valence-corrected chi connectivity index (χ0v) is 18.6. The molecule has 0 radical (unpaired) electrons. The van der Waals surface area contributed by atoms with E-state index in [0.717, 1.165) is 70.9 Å². The molecule has 0 spiro atoms. The highest BCUT2D eigenvalue weighted by atomic mass is 16.2. The van der Waals surface area contributed by atoms with Gasteiger partial charge in [-0.1, -0.05) is 17.7 Å². The molecule has 1 N–H and O–H groups in total. The summed E-state index contributed by atoms with van der Waals surface area (Å²) in [6.45, 7) is 11.8. The van der Waals surface area contributed by atoms with Gasteiger partial charge in [-0.25, -0.2) is 0 Å². The number of rotatable bonds is 8. The van der Waals surface area contributed by atoms with Gasteiger partial charge in [0.05, 0.1) is 0 Å². The van der Waals surface area contributed by atoms with Gasteiger partial charge in [-0.3, -0.25) is 9.59 Å². The van der Waals surface area contributed by atoms with Crippen LogP contribution in [0.25, 0.3) is 0 Å².